The molecule has 0 aliphatic heterocycles. The topological polar surface area (TPSA) is 75.3 Å². The summed E-state index contributed by atoms with van der Waals surface area (Å²) in [5, 5.41) is 11.1. The van der Waals surface area contributed by atoms with E-state index < -0.39 is 36.5 Å². The van der Waals surface area contributed by atoms with Gasteiger partial charge < -0.3 is 16.2 Å². The first-order valence-electron chi connectivity index (χ1n) is 4.70. The Morgan fingerprint density at radius 2 is 2.12 bits per heavy atom. The van der Waals surface area contributed by atoms with Crippen LogP contribution < -0.4 is 11.1 Å². The highest BCUT2D eigenvalue weighted by Crippen LogP contribution is 2.18. The molecule has 0 unspecified atom stereocenters. The number of rotatable bonds is 4. The van der Waals surface area contributed by atoms with Crippen LogP contribution in [0.25, 0.3) is 0 Å². The lowest BCUT2D eigenvalue weighted by atomic mass is 10.2. The van der Waals surface area contributed by atoms with Crippen LogP contribution in [0.15, 0.2) is 18.2 Å². The molecule has 0 fully saturated rings. The van der Waals surface area contributed by atoms with E-state index in [1.807, 2.05) is 5.32 Å². The Morgan fingerprint density at radius 1 is 1.47 bits per heavy atom. The number of nitrogens with two attached hydrogens (primary N) is 1. The van der Waals surface area contributed by atoms with Crippen molar-refractivity contribution in [3.8, 4) is 5.75 Å². The first-order chi connectivity index (χ1) is 7.85. The average Bonchev–Trinajstić information content (AvgIpc) is 2.26. The molecule has 1 aromatic carbocycles. The van der Waals surface area contributed by atoms with Crippen molar-refractivity contribution in [2.24, 2.45) is 5.73 Å². The lowest BCUT2D eigenvalue weighted by Gasteiger charge is -2.14. The summed E-state index contributed by atoms with van der Waals surface area (Å²) in [4.78, 5) is 11.4. The summed E-state index contributed by atoms with van der Waals surface area (Å²) < 4.78 is 38.1. The molecule has 17 heavy (non-hydrogen) atoms. The number of carbonyl (C=O) groups excluding carboxylic acids is 1. The summed E-state index contributed by atoms with van der Waals surface area (Å²) in [6.07, 6.45) is 0. The second-order valence-electron chi connectivity index (χ2n) is 3.40. The van der Waals surface area contributed by atoms with Crippen LogP contribution in [-0.2, 0) is 0 Å². The highest BCUT2D eigenvalue weighted by Gasteiger charge is 2.27. The van der Waals surface area contributed by atoms with Crippen LogP contribution in [0.3, 0.4) is 0 Å². The summed E-state index contributed by atoms with van der Waals surface area (Å²) in [6.45, 7) is -1.85. The van der Waals surface area contributed by atoms with E-state index in [4.69, 9.17) is 5.73 Å². The van der Waals surface area contributed by atoms with Crippen molar-refractivity contribution in [2.75, 3.05) is 13.1 Å². The number of hydrogen-bond acceptors (Lipinski definition) is 3. The molecule has 0 aliphatic rings. The molecule has 0 saturated heterocycles. The van der Waals surface area contributed by atoms with Gasteiger partial charge in [-0.05, 0) is 12.1 Å². The van der Waals surface area contributed by atoms with Gasteiger partial charge in [0.25, 0.3) is 11.8 Å². The number of amides is 1. The van der Waals surface area contributed by atoms with E-state index in [2.05, 4.69) is 0 Å². The van der Waals surface area contributed by atoms with Crippen LogP contribution in [0.5, 0.6) is 5.75 Å². The van der Waals surface area contributed by atoms with Gasteiger partial charge in [-0.2, -0.15) is 0 Å². The third-order valence-corrected chi connectivity index (χ3v) is 2.01. The molecule has 0 aliphatic carbocycles. The van der Waals surface area contributed by atoms with E-state index >= 15 is 0 Å². The predicted molar refractivity (Wildman–Crippen MR) is 54.4 cm³/mol. The Kier molecular flexibility index (Phi) is 3.95. The maximum absolute atomic E-state index is 12.7. The fourth-order valence-electron chi connectivity index (χ4n) is 1.07. The summed E-state index contributed by atoms with van der Waals surface area (Å²) in [6, 6.07) is 2.66. The van der Waals surface area contributed by atoms with Gasteiger partial charge in [-0.1, -0.05) is 0 Å². The minimum Gasteiger partial charge on any atom is -0.507 e. The van der Waals surface area contributed by atoms with E-state index in [1.54, 1.807) is 0 Å². The van der Waals surface area contributed by atoms with Gasteiger partial charge >= 0.3 is 0 Å². The number of phenolic OH excluding ortho intramolecular Hbond substituents is 1. The first-order valence-corrected chi connectivity index (χ1v) is 4.70. The number of alkyl halides is 2. The third-order valence-electron chi connectivity index (χ3n) is 2.01. The smallest absolute Gasteiger partial charge is 0.277 e. The Hall–Kier alpha value is -1.76. The van der Waals surface area contributed by atoms with E-state index in [0.29, 0.717) is 0 Å². The van der Waals surface area contributed by atoms with E-state index in [-0.39, 0.29) is 5.56 Å². The molecular formula is C10H11F3N2O2. The van der Waals surface area contributed by atoms with Crippen LogP contribution in [0.2, 0.25) is 0 Å². The van der Waals surface area contributed by atoms with Crippen LogP contribution >= 0.6 is 0 Å². The van der Waals surface area contributed by atoms with E-state index in [1.165, 1.54) is 0 Å². The first kappa shape index (κ1) is 13.3. The second-order valence-corrected chi connectivity index (χ2v) is 3.40. The normalized spacial score (nSPS) is 11.3. The number of hydrogen-bond donors (Lipinski definition) is 3. The van der Waals surface area contributed by atoms with E-state index in [0.717, 1.165) is 18.2 Å². The van der Waals surface area contributed by atoms with Crippen LogP contribution in [0, 0.1) is 5.82 Å². The molecule has 0 heterocycles. The zero-order valence-electron chi connectivity index (χ0n) is 8.71. The Labute approximate surface area is 95.2 Å². The molecule has 0 spiro atoms. The summed E-state index contributed by atoms with van der Waals surface area (Å²) in [5.74, 6) is -5.48. The monoisotopic (exact) mass is 248 g/mol. The Balaban J connectivity index is 2.71. The quantitative estimate of drug-likeness (QED) is 0.739. The minimum absolute atomic E-state index is 0.278. The van der Waals surface area contributed by atoms with Gasteiger partial charge in [0.1, 0.15) is 11.6 Å². The van der Waals surface area contributed by atoms with Crippen molar-refractivity contribution in [3.63, 3.8) is 0 Å². The molecule has 1 rings (SSSR count). The summed E-state index contributed by atoms with van der Waals surface area (Å²) in [7, 11) is 0. The standard InChI is InChI=1S/C10H11F3N2O2/c11-6-1-2-7(8(16)3-6)9(17)15-5-10(12,13)4-14/h1-3,16H,4-5,14H2,(H,15,17). The van der Waals surface area contributed by atoms with Gasteiger partial charge in [0.2, 0.25) is 0 Å². The molecule has 4 nitrogen and oxygen atoms in total. The number of halogens is 3. The van der Waals surface area contributed by atoms with Crippen molar-refractivity contribution < 1.29 is 23.1 Å². The molecule has 94 valence electrons. The molecule has 1 amide bonds. The van der Waals surface area contributed by atoms with Gasteiger partial charge in [-0.25, -0.2) is 13.2 Å². The Bertz CT molecular complexity index is 424. The molecule has 0 atom stereocenters. The maximum Gasteiger partial charge on any atom is 0.277 e. The molecule has 0 radical (unpaired) electrons. The van der Waals surface area contributed by atoms with Crippen molar-refractivity contribution in [1.82, 2.24) is 5.32 Å². The maximum atomic E-state index is 12.7. The lowest BCUT2D eigenvalue weighted by Crippen LogP contribution is -2.41. The van der Waals surface area contributed by atoms with Gasteiger partial charge in [-0.3, -0.25) is 4.79 Å². The van der Waals surface area contributed by atoms with Gasteiger partial charge in [-0.15, -0.1) is 0 Å². The molecule has 0 aromatic heterocycles. The highest BCUT2D eigenvalue weighted by molar-refractivity contribution is 5.96. The minimum atomic E-state index is -3.22. The van der Waals surface area contributed by atoms with Crippen LogP contribution in [0.4, 0.5) is 13.2 Å². The van der Waals surface area contributed by atoms with Gasteiger partial charge in [0.15, 0.2) is 0 Å². The lowest BCUT2D eigenvalue weighted by molar-refractivity contribution is 0.0118. The molecule has 0 saturated carbocycles. The van der Waals surface area contributed by atoms with Crippen molar-refractivity contribution in [1.29, 1.82) is 0 Å². The fourth-order valence-corrected chi connectivity index (χ4v) is 1.07. The van der Waals surface area contributed by atoms with Gasteiger partial charge in [0.05, 0.1) is 18.7 Å². The Morgan fingerprint density at radius 3 is 2.65 bits per heavy atom. The molecule has 7 heteroatoms. The van der Waals surface area contributed by atoms with Crippen molar-refractivity contribution in [3.05, 3.63) is 29.6 Å². The highest BCUT2D eigenvalue weighted by atomic mass is 19.3. The van der Waals surface area contributed by atoms with Crippen LogP contribution in [-0.4, -0.2) is 30.0 Å². The summed E-state index contributed by atoms with van der Waals surface area (Å²) in [5.41, 5.74) is 4.50. The number of benzene rings is 1. The molecule has 1 aromatic rings. The SMILES string of the molecule is NCC(F)(F)CNC(=O)c1ccc(F)cc1O. The zero-order chi connectivity index (χ0) is 13.1. The molecular weight excluding hydrogens is 237 g/mol. The molecule has 0 bridgehead atoms. The van der Waals surface area contributed by atoms with Crippen LogP contribution in [0.1, 0.15) is 10.4 Å². The van der Waals surface area contributed by atoms with Crippen molar-refractivity contribution >= 4 is 5.91 Å². The van der Waals surface area contributed by atoms with Gasteiger partial charge in [0, 0.05) is 6.07 Å². The number of aromatic hydroxyl groups is 1. The number of phenols is 1. The largest absolute Gasteiger partial charge is 0.507 e. The number of carbonyl (C=O) groups is 1. The zero-order valence-corrected chi connectivity index (χ0v) is 8.71. The third kappa shape index (κ3) is 3.63. The summed E-state index contributed by atoms with van der Waals surface area (Å²) >= 11 is 0. The second kappa shape index (κ2) is 5.05. The average molecular weight is 248 g/mol. The molecule has 4 N–H and O–H groups in total. The number of nitrogens with one attached hydrogen (secondary N) is 1. The predicted octanol–water partition coefficient (Wildman–Crippen LogP) is 0.855. The van der Waals surface area contributed by atoms with Crippen molar-refractivity contribution in [2.45, 2.75) is 5.92 Å². The fraction of sp³-hybridized carbons (Fsp3) is 0.300. The van der Waals surface area contributed by atoms with E-state index in [9.17, 15) is 23.1 Å².